The molecule has 0 radical (unpaired) electrons. The van der Waals surface area contributed by atoms with Gasteiger partial charge in [0.15, 0.2) is 29.1 Å². The maximum Gasteiger partial charge on any atom is 0.303 e. The molecule has 3 unspecified atom stereocenters. The zero-order chi connectivity index (χ0) is 31.7. The van der Waals surface area contributed by atoms with E-state index in [-0.39, 0.29) is 36.7 Å². The second kappa shape index (κ2) is 14.7. The minimum absolute atomic E-state index is 0.00519. The topological polar surface area (TPSA) is 149 Å². The Morgan fingerprint density at radius 2 is 1.60 bits per heavy atom. The summed E-state index contributed by atoms with van der Waals surface area (Å²) in [5, 5.41) is 23.3. The predicted molar refractivity (Wildman–Crippen MR) is 156 cm³/mol. The van der Waals surface area contributed by atoms with Gasteiger partial charge in [0.25, 0.3) is 6.04 Å². The van der Waals surface area contributed by atoms with Crippen molar-refractivity contribution in [2.24, 2.45) is 5.92 Å². The lowest BCUT2D eigenvalue weighted by Gasteiger charge is -2.37. The van der Waals surface area contributed by atoms with Crippen molar-refractivity contribution in [2.45, 2.75) is 76.7 Å². The molecular formula is C31H40N2O10. The first-order chi connectivity index (χ1) is 20.6. The summed E-state index contributed by atoms with van der Waals surface area (Å²) in [5.41, 5.74) is -0.754. The Morgan fingerprint density at radius 3 is 2.05 bits per heavy atom. The number of carbonyl (C=O) groups excluding carboxylic acids is 1. The van der Waals surface area contributed by atoms with Gasteiger partial charge in [-0.05, 0) is 37.0 Å². The highest BCUT2D eigenvalue weighted by atomic mass is 16.7. The zero-order valence-electron chi connectivity index (χ0n) is 25.7. The van der Waals surface area contributed by atoms with Crippen LogP contribution in [-0.2, 0) is 14.9 Å². The molecule has 0 spiro atoms. The Labute approximate surface area is 251 Å². The van der Waals surface area contributed by atoms with Crippen molar-refractivity contribution < 1.29 is 42.9 Å². The summed E-state index contributed by atoms with van der Waals surface area (Å²) in [6, 6.07) is 9.80. The van der Waals surface area contributed by atoms with Crippen LogP contribution in [0.1, 0.15) is 58.4 Å². The molecule has 0 saturated carbocycles. The molecule has 0 amide bonds. The number of hydrogen-bond donors (Lipinski definition) is 0. The van der Waals surface area contributed by atoms with E-state index in [0.29, 0.717) is 41.4 Å². The van der Waals surface area contributed by atoms with Gasteiger partial charge < -0.3 is 33.2 Å². The molecule has 1 heterocycles. The number of para-hydroxylation sites is 2. The second-order valence-corrected chi connectivity index (χ2v) is 10.2. The van der Waals surface area contributed by atoms with Gasteiger partial charge in [0.05, 0.1) is 46.3 Å². The number of nitriles is 1. The molecule has 1 aliphatic rings. The molecule has 0 saturated heterocycles. The third-order valence-corrected chi connectivity index (χ3v) is 7.99. The molecule has 3 atom stereocenters. The summed E-state index contributed by atoms with van der Waals surface area (Å²) >= 11 is 0. The first-order valence-corrected chi connectivity index (χ1v) is 14.2. The molecule has 0 bridgehead atoms. The number of nitrogens with zero attached hydrogens (tertiary/aromatic N) is 2. The van der Waals surface area contributed by atoms with Gasteiger partial charge in [-0.2, -0.15) is 5.26 Å². The van der Waals surface area contributed by atoms with Gasteiger partial charge in [-0.3, -0.25) is 14.9 Å². The summed E-state index contributed by atoms with van der Waals surface area (Å²) in [5.74, 6) is 1.23. The fourth-order valence-electron chi connectivity index (χ4n) is 5.95. The van der Waals surface area contributed by atoms with E-state index in [2.05, 4.69) is 6.07 Å². The van der Waals surface area contributed by atoms with Gasteiger partial charge in [0.1, 0.15) is 0 Å². The molecule has 0 aliphatic carbocycles. The lowest BCUT2D eigenvalue weighted by atomic mass is 9.65. The Bertz CT molecular complexity index is 1300. The minimum Gasteiger partial charge on any atom is -0.493 e. The molecule has 12 heteroatoms. The molecule has 3 rings (SSSR count). The fraction of sp³-hybridized carbons (Fsp3) is 0.548. The highest BCUT2D eigenvalue weighted by Crippen LogP contribution is 2.54. The lowest BCUT2D eigenvalue weighted by Crippen LogP contribution is -2.43. The monoisotopic (exact) mass is 600 g/mol. The van der Waals surface area contributed by atoms with Gasteiger partial charge in [0.2, 0.25) is 17.8 Å². The van der Waals surface area contributed by atoms with Crippen molar-refractivity contribution in [3.05, 3.63) is 46.0 Å². The van der Waals surface area contributed by atoms with Gasteiger partial charge in [-0.1, -0.05) is 38.8 Å². The predicted octanol–water partition coefficient (Wildman–Crippen LogP) is 5.46. The van der Waals surface area contributed by atoms with E-state index in [9.17, 15) is 20.2 Å². The largest absolute Gasteiger partial charge is 0.493 e. The van der Waals surface area contributed by atoms with Crippen LogP contribution in [0.2, 0.25) is 0 Å². The van der Waals surface area contributed by atoms with Crippen molar-refractivity contribution >= 4 is 5.97 Å². The van der Waals surface area contributed by atoms with E-state index < -0.39 is 34.7 Å². The van der Waals surface area contributed by atoms with E-state index in [1.807, 2.05) is 13.8 Å². The number of benzene rings is 2. The Balaban J connectivity index is 2.07. The van der Waals surface area contributed by atoms with Crippen molar-refractivity contribution in [3.8, 4) is 40.6 Å². The number of esters is 1. The van der Waals surface area contributed by atoms with Gasteiger partial charge in [0, 0.05) is 17.4 Å². The fourth-order valence-corrected chi connectivity index (χ4v) is 5.95. The molecule has 12 nitrogen and oxygen atoms in total. The van der Waals surface area contributed by atoms with Crippen molar-refractivity contribution in [1.29, 1.82) is 5.26 Å². The van der Waals surface area contributed by atoms with Crippen LogP contribution in [-0.4, -0.2) is 57.8 Å². The molecule has 1 aliphatic heterocycles. The first kappa shape index (κ1) is 33.1. The highest BCUT2D eigenvalue weighted by molar-refractivity contribution is 5.66. The molecular weight excluding hydrogens is 560 g/mol. The number of carbonyl (C=O) groups is 1. The van der Waals surface area contributed by atoms with E-state index in [4.69, 9.17) is 33.2 Å². The number of nitro groups is 1. The Kier molecular flexibility index (Phi) is 11.3. The third kappa shape index (κ3) is 6.82. The summed E-state index contributed by atoms with van der Waals surface area (Å²) < 4.78 is 39.7. The number of methoxy groups -OCH3 is 4. The van der Waals surface area contributed by atoms with Crippen LogP contribution >= 0.6 is 0 Å². The van der Waals surface area contributed by atoms with Crippen LogP contribution in [0, 0.1) is 27.4 Å². The molecule has 0 fully saturated rings. The van der Waals surface area contributed by atoms with E-state index in [0.717, 1.165) is 0 Å². The lowest BCUT2D eigenvalue weighted by molar-refractivity contribution is -0.537. The van der Waals surface area contributed by atoms with E-state index in [1.54, 1.807) is 30.3 Å². The number of ether oxygens (including phenoxy) is 7. The highest BCUT2D eigenvalue weighted by Gasteiger charge is 2.47. The maximum absolute atomic E-state index is 12.4. The average molecular weight is 601 g/mol. The van der Waals surface area contributed by atoms with Gasteiger partial charge >= 0.3 is 5.97 Å². The molecule has 234 valence electrons. The molecule has 2 aromatic rings. The van der Waals surface area contributed by atoms with Crippen LogP contribution in [0.5, 0.6) is 34.5 Å². The molecule has 2 aromatic carbocycles. The van der Waals surface area contributed by atoms with Gasteiger partial charge in [-0.25, -0.2) is 0 Å². The third-order valence-electron chi connectivity index (χ3n) is 7.99. The summed E-state index contributed by atoms with van der Waals surface area (Å²) in [7, 11) is 5.86. The quantitative estimate of drug-likeness (QED) is 0.137. The second-order valence-electron chi connectivity index (χ2n) is 10.2. The molecule has 0 N–H and O–H groups in total. The van der Waals surface area contributed by atoms with Crippen LogP contribution < -0.4 is 28.4 Å². The van der Waals surface area contributed by atoms with E-state index in [1.165, 1.54) is 35.4 Å². The van der Waals surface area contributed by atoms with Gasteiger partial charge in [-0.15, -0.1) is 0 Å². The maximum atomic E-state index is 12.4. The normalized spacial score (nSPS) is 15.1. The van der Waals surface area contributed by atoms with Crippen LogP contribution in [0.3, 0.4) is 0 Å². The first-order valence-electron chi connectivity index (χ1n) is 14.2. The number of fused-ring (bicyclic) bond motifs is 1. The zero-order valence-corrected chi connectivity index (χ0v) is 25.7. The SMILES string of the molecule is CCC(CC)C(C#N)(CCC(OC(C)=O)C(CC1Oc2ccccc2O1)[N+](=O)[O-])c1cc(OC)c(OC)c(OC)c1OC. The van der Waals surface area contributed by atoms with E-state index >= 15 is 0 Å². The average Bonchev–Trinajstić information content (AvgIpc) is 3.42. The smallest absolute Gasteiger partial charge is 0.303 e. The van der Waals surface area contributed by atoms with Crippen LogP contribution in [0.25, 0.3) is 0 Å². The van der Waals surface area contributed by atoms with Crippen LogP contribution in [0.4, 0.5) is 0 Å². The van der Waals surface area contributed by atoms with Crippen molar-refractivity contribution in [3.63, 3.8) is 0 Å². The Hall–Kier alpha value is -4.40. The minimum atomic E-state index is -1.37. The molecule has 0 aromatic heterocycles. The summed E-state index contributed by atoms with van der Waals surface area (Å²) in [4.78, 5) is 24.1. The van der Waals surface area contributed by atoms with Crippen molar-refractivity contribution in [1.82, 2.24) is 0 Å². The standard InChI is InChI=1S/C31H40N2O10/c1-8-20(9-2)31(18-32,21-16-26(37-4)29(39-6)30(40-7)28(21)38-5)15-14-23(41-19(3)34)22(33(35)36)17-27-42-24-12-10-11-13-25(24)43-27/h10-13,16,20,22-23,27H,8-9,14-15,17H2,1-7H3. The summed E-state index contributed by atoms with van der Waals surface area (Å²) in [6.45, 7) is 5.14. The number of rotatable bonds is 16. The van der Waals surface area contributed by atoms with Crippen molar-refractivity contribution in [2.75, 3.05) is 28.4 Å². The summed E-state index contributed by atoms with van der Waals surface area (Å²) in [6.07, 6.45) is -0.989. The van der Waals surface area contributed by atoms with Crippen LogP contribution in [0.15, 0.2) is 30.3 Å². The number of hydrogen-bond acceptors (Lipinski definition) is 11. The Morgan fingerprint density at radius 1 is 1.02 bits per heavy atom. The molecule has 43 heavy (non-hydrogen) atoms.